The van der Waals surface area contributed by atoms with E-state index in [0.29, 0.717) is 51.8 Å². The van der Waals surface area contributed by atoms with Gasteiger partial charge < -0.3 is 29.0 Å². The first-order chi connectivity index (χ1) is 18.6. The van der Waals surface area contributed by atoms with Crippen LogP contribution in [0.1, 0.15) is 28.3 Å². The van der Waals surface area contributed by atoms with E-state index in [1.165, 1.54) is 32.7 Å². The van der Waals surface area contributed by atoms with Crippen LogP contribution in [0.3, 0.4) is 0 Å². The zero-order valence-corrected chi connectivity index (χ0v) is 25.6. The van der Waals surface area contributed by atoms with Gasteiger partial charge in [-0.1, -0.05) is 38.9 Å². The molecule has 0 spiro atoms. The van der Waals surface area contributed by atoms with E-state index in [4.69, 9.17) is 35.5 Å². The first kappa shape index (κ1) is 29.3. The van der Waals surface area contributed by atoms with Gasteiger partial charge in [0, 0.05) is 34.1 Å². The van der Waals surface area contributed by atoms with Crippen LogP contribution in [-0.2, 0) is 5.60 Å². The molecule has 0 aliphatic heterocycles. The first-order valence-corrected chi connectivity index (χ1v) is 13.9. The van der Waals surface area contributed by atoms with Crippen molar-refractivity contribution in [3.8, 4) is 22.8 Å². The van der Waals surface area contributed by atoms with Crippen LogP contribution in [0.15, 0.2) is 40.9 Å². The minimum absolute atomic E-state index is 0.217. The predicted octanol–water partition coefficient (Wildman–Crippen LogP) is 5.51. The Morgan fingerprint density at radius 3 is 2.23 bits per heavy atom. The van der Waals surface area contributed by atoms with Crippen LogP contribution in [0.4, 0.5) is 0 Å². The fourth-order valence-corrected chi connectivity index (χ4v) is 6.19. The van der Waals surface area contributed by atoms with Crippen LogP contribution in [-0.4, -0.2) is 74.0 Å². The lowest BCUT2D eigenvalue weighted by molar-refractivity contribution is 0.00420. The van der Waals surface area contributed by atoms with Crippen LogP contribution in [0.5, 0.6) is 22.8 Å². The Morgan fingerprint density at radius 2 is 1.67 bits per heavy atom. The SMILES string of the molecule is COc1cc(C(O)(CCN(C)C)C(c2cc3cc(Br)ccc3nc2OC)c2sc(OC)nc2Cl)cc(OC)n1. The molecule has 0 radical (unpaired) electrons. The third kappa shape index (κ3) is 6.07. The van der Waals surface area contributed by atoms with Gasteiger partial charge in [-0.3, -0.25) is 0 Å². The Labute approximate surface area is 244 Å². The van der Waals surface area contributed by atoms with Crippen LogP contribution in [0, 0.1) is 0 Å². The number of aromatic nitrogens is 3. The number of benzene rings is 1. The van der Waals surface area contributed by atoms with Crippen molar-refractivity contribution < 1.29 is 24.1 Å². The summed E-state index contributed by atoms with van der Waals surface area (Å²) < 4.78 is 23.0. The van der Waals surface area contributed by atoms with Crippen LogP contribution in [0.25, 0.3) is 10.9 Å². The maximum absolute atomic E-state index is 12.9. The molecule has 208 valence electrons. The number of nitrogens with zero attached hydrogens (tertiary/aromatic N) is 4. The lowest BCUT2D eigenvalue weighted by atomic mass is 9.74. The number of hydrogen-bond acceptors (Lipinski definition) is 10. The second kappa shape index (κ2) is 12.2. The van der Waals surface area contributed by atoms with E-state index in [9.17, 15) is 5.11 Å². The molecule has 1 N–H and O–H groups in total. The normalized spacial score (nSPS) is 13.8. The lowest BCUT2D eigenvalue weighted by Crippen LogP contribution is -2.37. The molecule has 0 bridgehead atoms. The second-order valence-corrected chi connectivity index (χ2v) is 11.4. The molecule has 4 rings (SSSR count). The first-order valence-electron chi connectivity index (χ1n) is 12.0. The maximum Gasteiger partial charge on any atom is 0.274 e. The van der Waals surface area contributed by atoms with Gasteiger partial charge in [0.25, 0.3) is 5.19 Å². The third-order valence-corrected chi connectivity index (χ3v) is 8.39. The fourth-order valence-electron chi connectivity index (χ4n) is 4.48. The average Bonchev–Trinajstić information content (AvgIpc) is 3.31. The zero-order valence-electron chi connectivity index (χ0n) is 22.5. The molecule has 2 unspecified atom stereocenters. The number of aliphatic hydroxyl groups is 1. The molecule has 3 aromatic heterocycles. The van der Waals surface area contributed by atoms with Crippen molar-refractivity contribution in [3.63, 3.8) is 0 Å². The lowest BCUT2D eigenvalue weighted by Gasteiger charge is -2.38. The van der Waals surface area contributed by atoms with Crippen LogP contribution < -0.4 is 18.9 Å². The summed E-state index contributed by atoms with van der Waals surface area (Å²) >= 11 is 11.6. The summed E-state index contributed by atoms with van der Waals surface area (Å²) in [5, 5.41) is 14.4. The minimum Gasteiger partial charge on any atom is -0.481 e. The van der Waals surface area contributed by atoms with Gasteiger partial charge in [-0.05, 0) is 50.3 Å². The van der Waals surface area contributed by atoms with Crippen LogP contribution >= 0.6 is 38.9 Å². The number of rotatable bonds is 11. The molecule has 3 heterocycles. The number of methoxy groups -OCH3 is 4. The van der Waals surface area contributed by atoms with Gasteiger partial charge in [0.05, 0.1) is 44.8 Å². The highest BCUT2D eigenvalue weighted by atomic mass is 79.9. The third-order valence-electron chi connectivity index (χ3n) is 6.41. The number of fused-ring (bicyclic) bond motifs is 1. The summed E-state index contributed by atoms with van der Waals surface area (Å²) in [6.45, 7) is 0.544. The second-order valence-electron chi connectivity index (χ2n) is 9.11. The Hall–Kier alpha value is -2.70. The largest absolute Gasteiger partial charge is 0.481 e. The van der Waals surface area contributed by atoms with Crippen molar-refractivity contribution in [2.45, 2.75) is 17.9 Å². The molecule has 0 aliphatic rings. The van der Waals surface area contributed by atoms with E-state index in [1.54, 1.807) is 19.2 Å². The van der Waals surface area contributed by atoms with Crippen molar-refractivity contribution in [1.29, 1.82) is 0 Å². The van der Waals surface area contributed by atoms with Gasteiger partial charge in [-0.2, -0.15) is 9.97 Å². The quantitative estimate of drug-likeness (QED) is 0.228. The molecule has 0 amide bonds. The summed E-state index contributed by atoms with van der Waals surface area (Å²) in [5.41, 5.74) is 0.337. The predicted molar refractivity (Wildman–Crippen MR) is 156 cm³/mol. The number of ether oxygens (including phenoxy) is 4. The molecular weight excluding hydrogens is 608 g/mol. The summed E-state index contributed by atoms with van der Waals surface area (Å²) in [6, 6.07) is 11.2. The monoisotopic (exact) mass is 636 g/mol. The molecular formula is C27H30BrClN4O5S. The van der Waals surface area contributed by atoms with Crippen molar-refractivity contribution in [1.82, 2.24) is 19.9 Å². The van der Waals surface area contributed by atoms with E-state index in [2.05, 4.69) is 25.9 Å². The Kier molecular flexibility index (Phi) is 9.18. The molecule has 0 saturated carbocycles. The molecule has 12 heteroatoms. The van der Waals surface area contributed by atoms with E-state index in [1.807, 2.05) is 43.3 Å². The van der Waals surface area contributed by atoms with Gasteiger partial charge in [0.15, 0.2) is 0 Å². The number of hydrogen-bond donors (Lipinski definition) is 1. The average molecular weight is 638 g/mol. The van der Waals surface area contributed by atoms with Crippen molar-refractivity contribution in [2.24, 2.45) is 0 Å². The van der Waals surface area contributed by atoms with Crippen molar-refractivity contribution >= 4 is 49.8 Å². The molecule has 0 fully saturated rings. The van der Waals surface area contributed by atoms with Gasteiger partial charge in [-0.25, -0.2) is 4.98 Å². The highest BCUT2D eigenvalue weighted by Gasteiger charge is 2.45. The molecule has 0 saturated heterocycles. The highest BCUT2D eigenvalue weighted by molar-refractivity contribution is 9.10. The Bertz CT molecular complexity index is 1450. The van der Waals surface area contributed by atoms with Gasteiger partial charge >= 0.3 is 0 Å². The zero-order chi connectivity index (χ0) is 28.3. The van der Waals surface area contributed by atoms with Gasteiger partial charge in [0.1, 0.15) is 10.8 Å². The molecule has 9 nitrogen and oxygen atoms in total. The smallest absolute Gasteiger partial charge is 0.274 e. The van der Waals surface area contributed by atoms with Crippen molar-refractivity contribution in [3.05, 3.63) is 62.0 Å². The van der Waals surface area contributed by atoms with E-state index < -0.39 is 11.5 Å². The number of thiazole rings is 1. The summed E-state index contributed by atoms with van der Waals surface area (Å²) in [7, 11) is 10.0. The van der Waals surface area contributed by atoms with Gasteiger partial charge in [-0.15, -0.1) is 0 Å². The maximum atomic E-state index is 12.9. The fraction of sp³-hybridized carbons (Fsp3) is 0.370. The minimum atomic E-state index is -1.57. The molecule has 4 aromatic rings. The van der Waals surface area contributed by atoms with E-state index >= 15 is 0 Å². The Morgan fingerprint density at radius 1 is 0.974 bits per heavy atom. The summed E-state index contributed by atoms with van der Waals surface area (Å²) in [6.07, 6.45) is 0.303. The molecule has 0 aliphatic carbocycles. The number of halogens is 2. The standard InChI is InChI=1S/C27H30BrClN4O5S/c1-33(2)10-9-27(34,16-13-20(35-3)31-21(14-16)36-4)22(23-24(29)32-26(38-6)39-23)18-12-15-11-17(28)7-8-19(15)30-25(18)37-5/h7-8,11-14,22,34H,9-10H2,1-6H3. The van der Waals surface area contributed by atoms with E-state index in [0.717, 1.165) is 15.4 Å². The van der Waals surface area contributed by atoms with Crippen molar-refractivity contribution in [2.75, 3.05) is 49.1 Å². The Balaban J connectivity index is 2.09. The van der Waals surface area contributed by atoms with Gasteiger partial charge in [0.2, 0.25) is 17.6 Å². The van der Waals surface area contributed by atoms with Crippen LogP contribution in [0.2, 0.25) is 5.15 Å². The highest BCUT2D eigenvalue weighted by Crippen LogP contribution is 2.52. The molecule has 1 aromatic carbocycles. The molecule has 2 atom stereocenters. The summed E-state index contributed by atoms with van der Waals surface area (Å²) in [5.74, 6) is 0.183. The summed E-state index contributed by atoms with van der Waals surface area (Å²) in [4.78, 5) is 16.1. The topological polar surface area (TPSA) is 99.1 Å². The number of pyridine rings is 2. The molecule has 39 heavy (non-hydrogen) atoms. The van der Waals surface area contributed by atoms with E-state index in [-0.39, 0.29) is 5.15 Å².